The third-order valence-corrected chi connectivity index (χ3v) is 5.01. The molecule has 0 aliphatic heterocycles. The van der Waals surface area contributed by atoms with Crippen LogP contribution in [0, 0.1) is 5.92 Å². The number of benzene rings is 1. The zero-order valence-corrected chi connectivity index (χ0v) is 17.0. The molecule has 0 radical (unpaired) electrons. The lowest BCUT2D eigenvalue weighted by Crippen LogP contribution is -2.34. The second-order valence-corrected chi connectivity index (χ2v) is 8.15. The Labute approximate surface area is 162 Å². The largest absolute Gasteiger partial charge is 0.383 e. The number of halogens is 1. The molecular weight excluding hydrogens is 374 g/mol. The highest BCUT2D eigenvalue weighted by atomic mass is 35.5. The Kier molecular flexibility index (Phi) is 7.49. The molecule has 8 heteroatoms. The maximum absolute atomic E-state index is 12.9. The second-order valence-electron chi connectivity index (χ2n) is 6.41. The minimum absolute atomic E-state index is 0.117. The van der Waals surface area contributed by atoms with Gasteiger partial charge < -0.3 is 10.1 Å². The van der Waals surface area contributed by atoms with Gasteiger partial charge in [0.15, 0.2) is 5.16 Å². The van der Waals surface area contributed by atoms with E-state index in [4.69, 9.17) is 16.3 Å². The van der Waals surface area contributed by atoms with E-state index < -0.39 is 0 Å². The Morgan fingerprint density at radius 3 is 2.77 bits per heavy atom. The van der Waals surface area contributed by atoms with Crippen molar-refractivity contribution in [3.8, 4) is 0 Å². The maximum atomic E-state index is 12.9. The molecule has 2 aromatic rings. The van der Waals surface area contributed by atoms with E-state index in [0.29, 0.717) is 40.8 Å². The molecule has 0 saturated carbocycles. The molecule has 1 atom stereocenters. The van der Waals surface area contributed by atoms with E-state index in [9.17, 15) is 9.59 Å². The molecule has 0 saturated heterocycles. The fraction of sp³-hybridized carbons (Fsp3) is 0.500. The van der Waals surface area contributed by atoms with Crippen LogP contribution in [0.5, 0.6) is 0 Å². The number of aromatic nitrogens is 2. The number of ether oxygens (including phenoxy) is 1. The fourth-order valence-electron chi connectivity index (χ4n) is 2.42. The Balaban J connectivity index is 2.36. The number of amides is 1. The Morgan fingerprint density at radius 2 is 2.12 bits per heavy atom. The highest BCUT2D eigenvalue weighted by molar-refractivity contribution is 8.00. The van der Waals surface area contributed by atoms with E-state index >= 15 is 0 Å². The van der Waals surface area contributed by atoms with Gasteiger partial charge in [0.2, 0.25) is 5.91 Å². The van der Waals surface area contributed by atoms with Crippen molar-refractivity contribution >= 4 is 40.2 Å². The monoisotopic (exact) mass is 397 g/mol. The van der Waals surface area contributed by atoms with Crippen molar-refractivity contribution in [2.45, 2.75) is 37.7 Å². The van der Waals surface area contributed by atoms with Gasteiger partial charge in [0.05, 0.1) is 22.8 Å². The average molecular weight is 398 g/mol. The van der Waals surface area contributed by atoms with Crippen LogP contribution in [-0.4, -0.2) is 41.0 Å². The molecule has 6 nitrogen and oxygen atoms in total. The lowest BCUT2D eigenvalue weighted by molar-refractivity contribution is -0.120. The van der Waals surface area contributed by atoms with Gasteiger partial charge in [0.1, 0.15) is 0 Å². The molecule has 0 aliphatic rings. The molecule has 1 amide bonds. The van der Waals surface area contributed by atoms with Crippen LogP contribution in [0.15, 0.2) is 28.2 Å². The average Bonchev–Trinajstić information content (AvgIpc) is 2.58. The highest BCUT2D eigenvalue weighted by Crippen LogP contribution is 2.24. The first kappa shape index (κ1) is 20.7. The third-order valence-electron chi connectivity index (χ3n) is 3.69. The summed E-state index contributed by atoms with van der Waals surface area (Å²) in [6.45, 7) is 7.28. The summed E-state index contributed by atoms with van der Waals surface area (Å²) >= 11 is 7.31. The molecule has 1 N–H and O–H groups in total. The van der Waals surface area contributed by atoms with Gasteiger partial charge in [0, 0.05) is 25.2 Å². The number of thioether (sulfide) groups is 1. The molecule has 1 aromatic heterocycles. The van der Waals surface area contributed by atoms with Gasteiger partial charge in [-0.25, -0.2) is 4.98 Å². The topological polar surface area (TPSA) is 73.2 Å². The van der Waals surface area contributed by atoms with Gasteiger partial charge in [-0.05, 0) is 31.0 Å². The molecule has 26 heavy (non-hydrogen) atoms. The van der Waals surface area contributed by atoms with Crippen molar-refractivity contribution in [1.82, 2.24) is 14.9 Å². The van der Waals surface area contributed by atoms with Crippen molar-refractivity contribution in [2.24, 2.45) is 5.92 Å². The van der Waals surface area contributed by atoms with E-state index in [1.807, 2.05) is 13.8 Å². The number of methoxy groups -OCH3 is 1. The van der Waals surface area contributed by atoms with Crippen LogP contribution >= 0.6 is 23.4 Å². The minimum atomic E-state index is -0.387. The Morgan fingerprint density at radius 1 is 1.38 bits per heavy atom. The zero-order chi connectivity index (χ0) is 19.3. The standard InChI is InChI=1S/C18H24ClN3O3S/c1-11(2)10-22-17(24)14-9-13(19)5-6-15(14)21-18(22)26-12(3)16(23)20-7-8-25-4/h5-6,9,11-12H,7-8,10H2,1-4H3,(H,20,23)/t12-/m1/s1. The summed E-state index contributed by atoms with van der Waals surface area (Å²) in [6, 6.07) is 5.07. The SMILES string of the molecule is COCCNC(=O)[C@@H](C)Sc1nc2ccc(Cl)cc2c(=O)n1CC(C)C. The van der Waals surface area contributed by atoms with Crippen molar-refractivity contribution in [3.05, 3.63) is 33.6 Å². The third kappa shape index (κ3) is 5.22. The van der Waals surface area contributed by atoms with Gasteiger partial charge in [0.25, 0.3) is 5.56 Å². The summed E-state index contributed by atoms with van der Waals surface area (Å²) in [4.78, 5) is 29.8. The van der Waals surface area contributed by atoms with Crippen molar-refractivity contribution < 1.29 is 9.53 Å². The Bertz CT molecular complexity index is 838. The summed E-state index contributed by atoms with van der Waals surface area (Å²) < 4.78 is 6.57. The Hall–Kier alpha value is -1.57. The second kappa shape index (κ2) is 9.39. The molecule has 0 aliphatic carbocycles. The summed E-state index contributed by atoms with van der Waals surface area (Å²) in [5, 5.41) is 3.94. The van der Waals surface area contributed by atoms with Gasteiger partial charge in [-0.3, -0.25) is 14.2 Å². The van der Waals surface area contributed by atoms with Gasteiger partial charge in [-0.2, -0.15) is 0 Å². The summed E-state index contributed by atoms with van der Waals surface area (Å²) in [7, 11) is 1.58. The first-order chi connectivity index (χ1) is 12.3. The quantitative estimate of drug-likeness (QED) is 0.421. The molecule has 2 rings (SSSR count). The highest BCUT2D eigenvalue weighted by Gasteiger charge is 2.19. The van der Waals surface area contributed by atoms with Crippen LogP contribution in [0.4, 0.5) is 0 Å². The molecule has 1 heterocycles. The summed E-state index contributed by atoms with van der Waals surface area (Å²) in [5.74, 6) is 0.143. The molecule has 0 bridgehead atoms. The lowest BCUT2D eigenvalue weighted by Gasteiger charge is -2.17. The first-order valence-electron chi connectivity index (χ1n) is 8.47. The molecular formula is C18H24ClN3O3S. The van der Waals surface area contributed by atoms with E-state index in [2.05, 4.69) is 10.3 Å². The van der Waals surface area contributed by atoms with Crippen molar-refractivity contribution in [1.29, 1.82) is 0 Å². The van der Waals surface area contributed by atoms with Crippen molar-refractivity contribution in [2.75, 3.05) is 20.3 Å². The molecule has 1 aromatic carbocycles. The molecule has 0 fully saturated rings. The van der Waals surface area contributed by atoms with Gasteiger partial charge >= 0.3 is 0 Å². The van der Waals surface area contributed by atoms with Crippen molar-refractivity contribution in [3.63, 3.8) is 0 Å². The summed E-state index contributed by atoms with van der Waals surface area (Å²) in [6.07, 6.45) is 0. The fourth-order valence-corrected chi connectivity index (χ4v) is 3.53. The molecule has 142 valence electrons. The van der Waals surface area contributed by atoms with E-state index in [-0.39, 0.29) is 22.6 Å². The number of carbonyl (C=O) groups is 1. The number of rotatable bonds is 8. The van der Waals surface area contributed by atoms with Crippen LogP contribution in [0.25, 0.3) is 10.9 Å². The lowest BCUT2D eigenvalue weighted by atomic mass is 10.2. The van der Waals surface area contributed by atoms with Gasteiger partial charge in [-0.1, -0.05) is 37.2 Å². The predicted octanol–water partition coefficient (Wildman–Crippen LogP) is 2.95. The minimum Gasteiger partial charge on any atom is -0.383 e. The first-order valence-corrected chi connectivity index (χ1v) is 9.72. The number of fused-ring (bicyclic) bond motifs is 1. The number of carbonyl (C=O) groups excluding carboxylic acids is 1. The van der Waals surface area contributed by atoms with Crippen LogP contribution in [-0.2, 0) is 16.1 Å². The van der Waals surface area contributed by atoms with Gasteiger partial charge in [-0.15, -0.1) is 0 Å². The molecule has 0 spiro atoms. The maximum Gasteiger partial charge on any atom is 0.262 e. The molecule has 0 unspecified atom stereocenters. The van der Waals surface area contributed by atoms with Crippen LogP contribution in [0.1, 0.15) is 20.8 Å². The van der Waals surface area contributed by atoms with E-state index in [1.165, 1.54) is 11.8 Å². The van der Waals surface area contributed by atoms with Crippen LogP contribution in [0.2, 0.25) is 5.02 Å². The number of nitrogens with zero attached hydrogens (tertiary/aromatic N) is 2. The summed E-state index contributed by atoms with van der Waals surface area (Å²) in [5.41, 5.74) is 0.439. The predicted molar refractivity (Wildman–Crippen MR) is 106 cm³/mol. The smallest absolute Gasteiger partial charge is 0.262 e. The van der Waals surface area contributed by atoms with E-state index in [0.717, 1.165) is 0 Å². The normalized spacial score (nSPS) is 12.5. The van der Waals surface area contributed by atoms with E-state index in [1.54, 1.807) is 36.8 Å². The zero-order valence-electron chi connectivity index (χ0n) is 15.4. The van der Waals surface area contributed by atoms with Crippen LogP contribution < -0.4 is 10.9 Å². The number of hydrogen-bond donors (Lipinski definition) is 1. The van der Waals surface area contributed by atoms with Crippen LogP contribution in [0.3, 0.4) is 0 Å². The number of nitrogens with one attached hydrogen (secondary N) is 1. The number of hydrogen-bond acceptors (Lipinski definition) is 5.